The van der Waals surface area contributed by atoms with E-state index in [4.69, 9.17) is 5.84 Å². The van der Waals surface area contributed by atoms with E-state index >= 15 is 0 Å². The molecule has 1 aromatic heterocycles. The van der Waals surface area contributed by atoms with Gasteiger partial charge in [0.05, 0.1) is 0 Å². The minimum atomic E-state index is 0.659. The standard InChI is InChI=1S/C6H10N4/c1-2-5-3-6(10-7)9-4-8-5/h3-4H,2,7H2,1H3,(H,8,9,10). The Morgan fingerprint density at radius 2 is 2.40 bits per heavy atom. The molecule has 0 aliphatic heterocycles. The number of hydrogen-bond acceptors (Lipinski definition) is 4. The maximum atomic E-state index is 5.13. The normalized spacial score (nSPS) is 9.40. The first-order valence-electron chi connectivity index (χ1n) is 3.14. The Morgan fingerprint density at radius 1 is 1.60 bits per heavy atom. The van der Waals surface area contributed by atoms with Gasteiger partial charge in [0.2, 0.25) is 0 Å². The van der Waals surface area contributed by atoms with Crippen LogP contribution in [0.5, 0.6) is 0 Å². The number of nitrogens with one attached hydrogen (secondary N) is 1. The summed E-state index contributed by atoms with van der Waals surface area (Å²) in [4.78, 5) is 7.86. The van der Waals surface area contributed by atoms with Crippen molar-refractivity contribution >= 4 is 5.82 Å². The Balaban J connectivity index is 2.87. The van der Waals surface area contributed by atoms with Crippen molar-refractivity contribution in [2.75, 3.05) is 5.43 Å². The quantitative estimate of drug-likeness (QED) is 0.456. The molecule has 0 radical (unpaired) electrons. The van der Waals surface area contributed by atoms with Gasteiger partial charge >= 0.3 is 0 Å². The van der Waals surface area contributed by atoms with Gasteiger partial charge in [-0.3, -0.25) is 0 Å². The van der Waals surface area contributed by atoms with Crippen LogP contribution >= 0.6 is 0 Å². The lowest BCUT2D eigenvalue weighted by atomic mass is 10.3. The minimum absolute atomic E-state index is 0.659. The molecular formula is C6H10N4. The van der Waals surface area contributed by atoms with E-state index in [-0.39, 0.29) is 0 Å². The molecule has 3 N–H and O–H groups in total. The van der Waals surface area contributed by atoms with Gasteiger partial charge in [-0.15, -0.1) is 0 Å². The first kappa shape index (κ1) is 6.95. The van der Waals surface area contributed by atoms with Crippen LogP contribution in [0, 0.1) is 0 Å². The lowest BCUT2D eigenvalue weighted by Gasteiger charge is -1.98. The van der Waals surface area contributed by atoms with E-state index in [0.29, 0.717) is 5.82 Å². The fourth-order valence-electron chi connectivity index (χ4n) is 0.670. The van der Waals surface area contributed by atoms with Crippen molar-refractivity contribution in [2.45, 2.75) is 13.3 Å². The number of hydrazine groups is 1. The molecule has 0 bridgehead atoms. The second kappa shape index (κ2) is 3.12. The molecule has 0 saturated heterocycles. The smallest absolute Gasteiger partial charge is 0.143 e. The van der Waals surface area contributed by atoms with Gasteiger partial charge in [0.15, 0.2) is 0 Å². The van der Waals surface area contributed by atoms with Crippen LogP contribution in [0.3, 0.4) is 0 Å². The topological polar surface area (TPSA) is 63.8 Å². The largest absolute Gasteiger partial charge is 0.308 e. The third kappa shape index (κ3) is 1.41. The van der Waals surface area contributed by atoms with Crippen LogP contribution in [-0.4, -0.2) is 9.97 Å². The van der Waals surface area contributed by atoms with E-state index in [1.807, 2.05) is 13.0 Å². The zero-order chi connectivity index (χ0) is 7.40. The van der Waals surface area contributed by atoms with Gasteiger partial charge in [0.25, 0.3) is 0 Å². The summed E-state index contributed by atoms with van der Waals surface area (Å²) < 4.78 is 0. The van der Waals surface area contributed by atoms with Crippen molar-refractivity contribution in [3.8, 4) is 0 Å². The monoisotopic (exact) mass is 138 g/mol. The van der Waals surface area contributed by atoms with Gasteiger partial charge < -0.3 is 5.43 Å². The number of aromatic nitrogens is 2. The summed E-state index contributed by atoms with van der Waals surface area (Å²) in [7, 11) is 0. The van der Waals surface area contributed by atoms with Crippen LogP contribution in [-0.2, 0) is 6.42 Å². The zero-order valence-corrected chi connectivity index (χ0v) is 5.83. The van der Waals surface area contributed by atoms with E-state index in [9.17, 15) is 0 Å². The molecule has 4 heteroatoms. The number of nitrogens with zero attached hydrogens (tertiary/aromatic N) is 2. The fraction of sp³-hybridized carbons (Fsp3) is 0.333. The first-order valence-corrected chi connectivity index (χ1v) is 3.14. The highest BCUT2D eigenvalue weighted by atomic mass is 15.2. The van der Waals surface area contributed by atoms with Crippen molar-refractivity contribution in [3.63, 3.8) is 0 Å². The number of nitrogens with two attached hydrogens (primary N) is 1. The molecule has 4 nitrogen and oxygen atoms in total. The maximum Gasteiger partial charge on any atom is 0.143 e. The molecule has 1 rings (SSSR count). The molecule has 1 aromatic rings. The first-order chi connectivity index (χ1) is 4.86. The number of aryl methyl sites for hydroxylation is 1. The summed E-state index contributed by atoms with van der Waals surface area (Å²) >= 11 is 0. The van der Waals surface area contributed by atoms with Gasteiger partial charge in [-0.05, 0) is 6.42 Å². The number of rotatable bonds is 2. The number of hydrogen-bond donors (Lipinski definition) is 2. The molecule has 10 heavy (non-hydrogen) atoms. The summed E-state index contributed by atoms with van der Waals surface area (Å²) in [5.74, 6) is 5.79. The summed E-state index contributed by atoms with van der Waals surface area (Å²) in [6.07, 6.45) is 2.39. The van der Waals surface area contributed by atoms with E-state index in [0.717, 1.165) is 12.1 Å². The van der Waals surface area contributed by atoms with Crippen molar-refractivity contribution in [1.82, 2.24) is 9.97 Å². The average molecular weight is 138 g/mol. The molecule has 0 aromatic carbocycles. The summed E-state index contributed by atoms with van der Waals surface area (Å²) in [5.41, 5.74) is 3.44. The Labute approximate surface area is 59.5 Å². The predicted octanol–water partition coefficient (Wildman–Crippen LogP) is 0.325. The predicted molar refractivity (Wildman–Crippen MR) is 39.2 cm³/mol. The number of anilines is 1. The van der Waals surface area contributed by atoms with Crippen molar-refractivity contribution in [2.24, 2.45) is 5.84 Å². The van der Waals surface area contributed by atoms with Gasteiger partial charge in [-0.1, -0.05) is 6.92 Å². The lowest BCUT2D eigenvalue weighted by molar-refractivity contribution is 0.995. The van der Waals surface area contributed by atoms with Crippen molar-refractivity contribution in [1.29, 1.82) is 0 Å². The molecule has 0 saturated carbocycles. The second-order valence-corrected chi connectivity index (χ2v) is 1.89. The third-order valence-electron chi connectivity index (χ3n) is 1.23. The molecule has 0 aliphatic carbocycles. The highest BCUT2D eigenvalue weighted by Gasteiger charge is 1.92. The van der Waals surface area contributed by atoms with Crippen LogP contribution in [0.1, 0.15) is 12.6 Å². The highest BCUT2D eigenvalue weighted by molar-refractivity contribution is 5.32. The SMILES string of the molecule is CCc1cc(NN)ncn1. The van der Waals surface area contributed by atoms with Gasteiger partial charge in [-0.25, -0.2) is 15.8 Å². The van der Waals surface area contributed by atoms with E-state index in [1.165, 1.54) is 6.33 Å². The molecule has 54 valence electrons. The molecule has 0 atom stereocenters. The zero-order valence-electron chi connectivity index (χ0n) is 5.83. The summed E-state index contributed by atoms with van der Waals surface area (Å²) in [5, 5.41) is 0. The Kier molecular flexibility index (Phi) is 2.17. The number of nitrogen functional groups attached to an aromatic ring is 1. The van der Waals surface area contributed by atoms with Crippen LogP contribution in [0.4, 0.5) is 5.82 Å². The van der Waals surface area contributed by atoms with Crippen LogP contribution in [0.25, 0.3) is 0 Å². The van der Waals surface area contributed by atoms with Crippen molar-refractivity contribution in [3.05, 3.63) is 18.1 Å². The maximum absolute atomic E-state index is 5.13. The molecule has 1 heterocycles. The van der Waals surface area contributed by atoms with Gasteiger partial charge in [0, 0.05) is 11.8 Å². The molecular weight excluding hydrogens is 128 g/mol. The lowest BCUT2D eigenvalue weighted by Crippen LogP contribution is -2.09. The van der Waals surface area contributed by atoms with Gasteiger partial charge in [0.1, 0.15) is 12.1 Å². The van der Waals surface area contributed by atoms with Crippen molar-refractivity contribution < 1.29 is 0 Å². The second-order valence-electron chi connectivity index (χ2n) is 1.89. The van der Waals surface area contributed by atoms with Crippen LogP contribution < -0.4 is 11.3 Å². The van der Waals surface area contributed by atoms with E-state index in [2.05, 4.69) is 15.4 Å². The summed E-state index contributed by atoms with van der Waals surface area (Å²) in [6.45, 7) is 2.03. The van der Waals surface area contributed by atoms with Gasteiger partial charge in [-0.2, -0.15) is 0 Å². The Morgan fingerprint density at radius 3 is 3.00 bits per heavy atom. The average Bonchev–Trinajstić information content (AvgIpc) is 2.05. The summed E-state index contributed by atoms with van der Waals surface area (Å²) in [6, 6.07) is 1.82. The van der Waals surface area contributed by atoms with E-state index in [1.54, 1.807) is 0 Å². The Bertz CT molecular complexity index is 191. The van der Waals surface area contributed by atoms with Crippen LogP contribution in [0.15, 0.2) is 12.4 Å². The molecule has 0 fully saturated rings. The molecule has 0 unspecified atom stereocenters. The van der Waals surface area contributed by atoms with E-state index < -0.39 is 0 Å². The highest BCUT2D eigenvalue weighted by Crippen LogP contribution is 2.01. The minimum Gasteiger partial charge on any atom is -0.308 e. The third-order valence-corrected chi connectivity index (χ3v) is 1.23. The van der Waals surface area contributed by atoms with Crippen LogP contribution in [0.2, 0.25) is 0 Å². The molecule has 0 aliphatic rings. The Hall–Kier alpha value is -1.16. The fourth-order valence-corrected chi connectivity index (χ4v) is 0.670. The molecule has 0 amide bonds. The molecule has 0 spiro atoms.